The summed E-state index contributed by atoms with van der Waals surface area (Å²) in [6.07, 6.45) is 0.568. The van der Waals surface area contributed by atoms with E-state index in [0.29, 0.717) is 11.3 Å². The second-order valence-electron chi connectivity index (χ2n) is 6.43. The third kappa shape index (κ3) is 5.28. The summed E-state index contributed by atoms with van der Waals surface area (Å²) < 4.78 is 5.37. The highest BCUT2D eigenvalue weighted by atomic mass is 32.2. The Morgan fingerprint density at radius 2 is 1.84 bits per heavy atom. The van der Waals surface area contributed by atoms with Gasteiger partial charge in [0.25, 0.3) is 17.5 Å². The number of amides is 2. The van der Waals surface area contributed by atoms with Crippen LogP contribution < -0.4 is 10.2 Å². The SMILES string of the molecule is CC(Oc1ccc(/C=C2/SC(=S)N(NC(=O)c3ccc([N+](=O)[O-])cc3)C2=O)cc1)C(=O)O. The van der Waals surface area contributed by atoms with E-state index in [4.69, 9.17) is 22.1 Å². The molecular weight excluding hydrogens is 458 g/mol. The topological polar surface area (TPSA) is 139 Å². The number of hydrogen-bond donors (Lipinski definition) is 2. The predicted octanol–water partition coefficient (Wildman–Crippen LogP) is 2.99. The van der Waals surface area contributed by atoms with Gasteiger partial charge in [-0.15, -0.1) is 0 Å². The zero-order valence-corrected chi connectivity index (χ0v) is 18.0. The van der Waals surface area contributed by atoms with Crippen molar-refractivity contribution < 1.29 is 29.2 Å². The van der Waals surface area contributed by atoms with Gasteiger partial charge in [-0.3, -0.25) is 25.1 Å². The molecule has 0 aromatic heterocycles. The van der Waals surface area contributed by atoms with Crippen LogP contribution in [-0.2, 0) is 9.59 Å². The molecule has 10 nitrogen and oxygen atoms in total. The highest BCUT2D eigenvalue weighted by Crippen LogP contribution is 2.32. The van der Waals surface area contributed by atoms with Crippen LogP contribution in [0.15, 0.2) is 53.4 Å². The Kier molecular flexibility index (Phi) is 6.85. The number of benzene rings is 2. The average molecular weight is 473 g/mol. The van der Waals surface area contributed by atoms with Gasteiger partial charge in [-0.05, 0) is 55.0 Å². The number of thioether (sulfide) groups is 1. The van der Waals surface area contributed by atoms with Crippen LogP contribution in [-0.4, -0.2) is 43.2 Å². The molecule has 1 atom stereocenters. The molecule has 1 saturated heterocycles. The molecule has 12 heteroatoms. The van der Waals surface area contributed by atoms with Gasteiger partial charge in [0.2, 0.25) is 0 Å². The van der Waals surface area contributed by atoms with Gasteiger partial charge < -0.3 is 9.84 Å². The van der Waals surface area contributed by atoms with Gasteiger partial charge in [0.05, 0.1) is 9.83 Å². The number of hydrazine groups is 1. The monoisotopic (exact) mass is 473 g/mol. The molecule has 1 aliphatic rings. The Balaban J connectivity index is 1.68. The Morgan fingerprint density at radius 1 is 1.22 bits per heavy atom. The summed E-state index contributed by atoms with van der Waals surface area (Å²) in [4.78, 5) is 46.3. The predicted molar refractivity (Wildman–Crippen MR) is 120 cm³/mol. The van der Waals surface area contributed by atoms with Gasteiger partial charge in [-0.2, -0.15) is 5.01 Å². The van der Waals surface area contributed by atoms with E-state index in [1.807, 2.05) is 0 Å². The van der Waals surface area contributed by atoms with Gasteiger partial charge in [0.15, 0.2) is 10.4 Å². The molecule has 164 valence electrons. The zero-order chi connectivity index (χ0) is 23.4. The van der Waals surface area contributed by atoms with Gasteiger partial charge in [0.1, 0.15) is 5.75 Å². The maximum atomic E-state index is 12.7. The summed E-state index contributed by atoms with van der Waals surface area (Å²) in [5, 5.41) is 20.5. The minimum absolute atomic E-state index is 0.117. The van der Waals surface area contributed by atoms with Crippen LogP contribution in [0.2, 0.25) is 0 Å². The largest absolute Gasteiger partial charge is 0.479 e. The number of aliphatic carboxylic acids is 1. The third-order valence-electron chi connectivity index (χ3n) is 4.19. The summed E-state index contributed by atoms with van der Waals surface area (Å²) in [7, 11) is 0. The van der Waals surface area contributed by atoms with Crippen molar-refractivity contribution in [3.63, 3.8) is 0 Å². The highest BCUT2D eigenvalue weighted by molar-refractivity contribution is 8.26. The number of carbonyl (C=O) groups is 3. The molecular formula is C20H15N3O7S2. The molecule has 0 bridgehead atoms. The maximum absolute atomic E-state index is 12.7. The summed E-state index contributed by atoms with van der Waals surface area (Å²) in [6.45, 7) is 1.41. The second kappa shape index (κ2) is 9.58. The number of ether oxygens (including phenoxy) is 1. The van der Waals surface area contributed by atoms with E-state index in [0.717, 1.165) is 16.8 Å². The van der Waals surface area contributed by atoms with Crippen molar-refractivity contribution in [2.75, 3.05) is 0 Å². The summed E-state index contributed by atoms with van der Waals surface area (Å²) in [5.41, 5.74) is 3.00. The molecule has 0 spiro atoms. The molecule has 3 rings (SSSR count). The number of carbonyl (C=O) groups excluding carboxylic acids is 2. The summed E-state index contributed by atoms with van der Waals surface area (Å²) in [5.74, 6) is -1.91. The number of nitrogens with zero attached hydrogens (tertiary/aromatic N) is 2. The number of nitro benzene ring substituents is 1. The lowest BCUT2D eigenvalue weighted by molar-refractivity contribution is -0.384. The number of hydrogen-bond acceptors (Lipinski definition) is 8. The molecule has 1 fully saturated rings. The molecule has 2 aromatic rings. The number of non-ortho nitro benzene ring substituents is 1. The molecule has 0 aliphatic carbocycles. The van der Waals surface area contributed by atoms with Gasteiger partial charge in [-0.25, -0.2) is 4.79 Å². The highest BCUT2D eigenvalue weighted by Gasteiger charge is 2.33. The van der Waals surface area contributed by atoms with Crippen molar-refractivity contribution in [2.45, 2.75) is 13.0 Å². The molecule has 1 unspecified atom stereocenters. The molecule has 2 amide bonds. The fourth-order valence-corrected chi connectivity index (χ4v) is 3.69. The van der Waals surface area contributed by atoms with Crippen molar-refractivity contribution in [1.82, 2.24) is 10.4 Å². The average Bonchev–Trinajstić information content (AvgIpc) is 3.02. The first-order chi connectivity index (χ1) is 15.2. The first kappa shape index (κ1) is 22.9. The third-order valence-corrected chi connectivity index (χ3v) is 5.49. The van der Waals surface area contributed by atoms with E-state index in [-0.39, 0.29) is 20.5 Å². The first-order valence-corrected chi connectivity index (χ1v) is 10.2. The van der Waals surface area contributed by atoms with E-state index in [1.54, 1.807) is 30.3 Å². The molecule has 1 aliphatic heterocycles. The van der Waals surface area contributed by atoms with E-state index in [9.17, 15) is 24.5 Å². The normalized spacial score (nSPS) is 15.5. The lowest BCUT2D eigenvalue weighted by Crippen LogP contribution is -2.44. The van der Waals surface area contributed by atoms with E-state index < -0.39 is 28.8 Å². The number of nitro groups is 1. The Bertz CT molecular complexity index is 1130. The van der Waals surface area contributed by atoms with Crippen LogP contribution >= 0.6 is 24.0 Å². The van der Waals surface area contributed by atoms with Crippen molar-refractivity contribution in [3.05, 3.63) is 74.7 Å². The second-order valence-corrected chi connectivity index (χ2v) is 8.11. The maximum Gasteiger partial charge on any atom is 0.344 e. The van der Waals surface area contributed by atoms with Crippen LogP contribution in [0.4, 0.5) is 5.69 Å². The zero-order valence-electron chi connectivity index (χ0n) is 16.4. The number of carboxylic acids is 1. The number of rotatable bonds is 7. The Hall–Kier alpha value is -3.77. The van der Waals surface area contributed by atoms with Crippen molar-refractivity contribution in [2.24, 2.45) is 0 Å². The first-order valence-electron chi connectivity index (χ1n) is 8.98. The molecule has 2 aromatic carbocycles. The lowest BCUT2D eigenvalue weighted by Gasteiger charge is -2.15. The summed E-state index contributed by atoms with van der Waals surface area (Å²) >= 11 is 6.17. The Labute approximate surface area is 191 Å². The van der Waals surface area contributed by atoms with Gasteiger partial charge in [0, 0.05) is 17.7 Å². The van der Waals surface area contributed by atoms with E-state index in [2.05, 4.69) is 5.43 Å². The lowest BCUT2D eigenvalue weighted by atomic mass is 10.2. The fraction of sp³-hybridized carbons (Fsp3) is 0.100. The van der Waals surface area contributed by atoms with Crippen molar-refractivity contribution >= 4 is 57.8 Å². The van der Waals surface area contributed by atoms with Gasteiger partial charge >= 0.3 is 5.97 Å². The smallest absolute Gasteiger partial charge is 0.344 e. The quantitative estimate of drug-likeness (QED) is 0.269. The van der Waals surface area contributed by atoms with Crippen LogP contribution in [0.5, 0.6) is 5.75 Å². The molecule has 0 saturated carbocycles. The van der Waals surface area contributed by atoms with Crippen LogP contribution in [0.1, 0.15) is 22.8 Å². The molecule has 32 heavy (non-hydrogen) atoms. The standard InChI is InChI=1S/C20H15N3O7S2/c1-11(19(26)27)30-15-8-2-12(3-9-15)10-16-18(25)22(20(31)32-16)21-17(24)13-4-6-14(7-5-13)23(28)29/h2-11H,1H3,(H,21,24)(H,26,27)/b16-10+. The number of thiocarbonyl (C=S) groups is 1. The number of carboxylic acid groups (broad SMARTS) is 1. The van der Waals surface area contributed by atoms with Crippen LogP contribution in [0.25, 0.3) is 6.08 Å². The molecule has 2 N–H and O–H groups in total. The van der Waals surface area contributed by atoms with E-state index in [1.165, 1.54) is 31.2 Å². The van der Waals surface area contributed by atoms with E-state index >= 15 is 0 Å². The van der Waals surface area contributed by atoms with Crippen molar-refractivity contribution in [3.8, 4) is 5.75 Å². The van der Waals surface area contributed by atoms with Crippen LogP contribution in [0.3, 0.4) is 0 Å². The van der Waals surface area contributed by atoms with Crippen molar-refractivity contribution in [1.29, 1.82) is 0 Å². The molecule has 0 radical (unpaired) electrons. The minimum atomic E-state index is -1.09. The minimum Gasteiger partial charge on any atom is -0.479 e. The van der Waals surface area contributed by atoms with Gasteiger partial charge in [-0.1, -0.05) is 23.9 Å². The number of nitrogens with one attached hydrogen (secondary N) is 1. The van der Waals surface area contributed by atoms with Crippen LogP contribution in [0, 0.1) is 10.1 Å². The summed E-state index contributed by atoms with van der Waals surface area (Å²) in [6, 6.07) is 11.3. The Morgan fingerprint density at radius 3 is 2.41 bits per heavy atom. The molecule has 1 heterocycles. The fourth-order valence-electron chi connectivity index (χ4n) is 2.51.